The molecule has 0 aliphatic carbocycles. The van der Waals surface area contributed by atoms with Crippen molar-refractivity contribution in [1.29, 1.82) is 0 Å². The molecule has 0 bridgehead atoms. The monoisotopic (exact) mass is 284 g/mol. The molecule has 2 heterocycles. The zero-order valence-corrected chi connectivity index (χ0v) is 10.6. The number of anilines is 1. The van der Waals surface area contributed by atoms with E-state index in [0.717, 1.165) is 16.5 Å². The number of rotatable bonds is 2. The van der Waals surface area contributed by atoms with E-state index in [4.69, 9.17) is 4.74 Å². The highest BCUT2D eigenvalue weighted by molar-refractivity contribution is 9.10. The first-order chi connectivity index (χ1) is 7.66. The lowest BCUT2D eigenvalue weighted by atomic mass is 10.1. The van der Waals surface area contributed by atoms with E-state index in [1.807, 2.05) is 13.0 Å². The second kappa shape index (κ2) is 4.93. The van der Waals surface area contributed by atoms with Crippen LogP contribution >= 0.6 is 15.9 Å². The molecule has 2 rings (SSSR count). The lowest BCUT2D eigenvalue weighted by molar-refractivity contribution is -0.119. The Bertz CT molecular complexity index is 403. The van der Waals surface area contributed by atoms with E-state index in [2.05, 4.69) is 26.2 Å². The van der Waals surface area contributed by atoms with Crippen LogP contribution in [0.25, 0.3) is 0 Å². The number of nitrogens with one attached hydrogen (secondary N) is 1. The van der Waals surface area contributed by atoms with Gasteiger partial charge >= 0.3 is 0 Å². The summed E-state index contributed by atoms with van der Waals surface area (Å²) >= 11 is 3.33. The fourth-order valence-corrected chi connectivity index (χ4v) is 2.08. The Hall–Kier alpha value is -0.940. The Morgan fingerprint density at radius 1 is 1.69 bits per heavy atom. The van der Waals surface area contributed by atoms with Crippen molar-refractivity contribution in [2.45, 2.75) is 13.3 Å². The van der Waals surface area contributed by atoms with E-state index in [0.29, 0.717) is 19.0 Å². The Balaban J connectivity index is 2.05. The zero-order chi connectivity index (χ0) is 11.5. The number of hydrogen-bond acceptors (Lipinski definition) is 3. The van der Waals surface area contributed by atoms with E-state index >= 15 is 0 Å². The average Bonchev–Trinajstić information content (AvgIpc) is 2.75. The summed E-state index contributed by atoms with van der Waals surface area (Å²) in [6.45, 7) is 3.10. The molecule has 86 valence electrons. The highest BCUT2D eigenvalue weighted by Gasteiger charge is 2.24. The van der Waals surface area contributed by atoms with Gasteiger partial charge in [0.2, 0.25) is 5.91 Å². The molecule has 1 aromatic heterocycles. The highest BCUT2D eigenvalue weighted by Crippen LogP contribution is 2.19. The molecule has 0 aromatic carbocycles. The summed E-state index contributed by atoms with van der Waals surface area (Å²) in [4.78, 5) is 16.0. The lowest BCUT2D eigenvalue weighted by Gasteiger charge is -2.10. The molecule has 4 nitrogen and oxygen atoms in total. The average molecular weight is 285 g/mol. The minimum absolute atomic E-state index is 0.00424. The van der Waals surface area contributed by atoms with Crippen LogP contribution < -0.4 is 5.32 Å². The molecule has 1 unspecified atom stereocenters. The maximum absolute atomic E-state index is 11.8. The fourth-order valence-electron chi connectivity index (χ4n) is 1.63. The molecular formula is C11H13BrN2O2. The van der Waals surface area contributed by atoms with Gasteiger partial charge < -0.3 is 10.1 Å². The van der Waals surface area contributed by atoms with Crippen molar-refractivity contribution in [3.8, 4) is 0 Å². The number of halogens is 1. The van der Waals surface area contributed by atoms with Crippen LogP contribution in [0.15, 0.2) is 16.7 Å². The van der Waals surface area contributed by atoms with Crippen molar-refractivity contribution in [2.24, 2.45) is 5.92 Å². The second-order valence-corrected chi connectivity index (χ2v) is 4.78. The van der Waals surface area contributed by atoms with E-state index in [1.54, 1.807) is 6.20 Å². The molecule has 1 atom stereocenters. The molecule has 16 heavy (non-hydrogen) atoms. The quantitative estimate of drug-likeness (QED) is 0.905. The van der Waals surface area contributed by atoms with Crippen LogP contribution in [0.5, 0.6) is 0 Å². The highest BCUT2D eigenvalue weighted by atomic mass is 79.9. The van der Waals surface area contributed by atoms with Crippen molar-refractivity contribution in [3.63, 3.8) is 0 Å². The van der Waals surface area contributed by atoms with Crippen molar-refractivity contribution in [3.05, 3.63) is 22.3 Å². The first kappa shape index (κ1) is 11.5. The first-order valence-corrected chi connectivity index (χ1v) is 5.97. The van der Waals surface area contributed by atoms with Crippen molar-refractivity contribution >= 4 is 27.7 Å². The summed E-state index contributed by atoms with van der Waals surface area (Å²) < 4.78 is 6.09. The number of amides is 1. The van der Waals surface area contributed by atoms with Gasteiger partial charge in [-0.05, 0) is 40.9 Å². The topological polar surface area (TPSA) is 51.2 Å². The Morgan fingerprint density at radius 3 is 3.12 bits per heavy atom. The zero-order valence-electron chi connectivity index (χ0n) is 9.00. The number of hydrogen-bond donors (Lipinski definition) is 1. The number of aromatic nitrogens is 1. The minimum atomic E-state index is -0.0372. The number of pyridine rings is 1. The fraction of sp³-hybridized carbons (Fsp3) is 0.455. The van der Waals surface area contributed by atoms with Gasteiger partial charge in [0.15, 0.2) is 0 Å². The van der Waals surface area contributed by atoms with Gasteiger partial charge in [-0.25, -0.2) is 4.98 Å². The van der Waals surface area contributed by atoms with Crippen LogP contribution in [0.3, 0.4) is 0 Å². The normalized spacial score (nSPS) is 19.8. The summed E-state index contributed by atoms with van der Waals surface area (Å²) in [5.41, 5.74) is 0.946. The number of carbonyl (C=O) groups excluding carboxylic acids is 1. The SMILES string of the molecule is Cc1cc(Br)cnc1NC(=O)C1CCOC1. The Labute approximate surface area is 103 Å². The van der Waals surface area contributed by atoms with Gasteiger partial charge in [-0.15, -0.1) is 0 Å². The smallest absolute Gasteiger partial charge is 0.231 e. The molecule has 5 heteroatoms. The third kappa shape index (κ3) is 2.59. The first-order valence-electron chi connectivity index (χ1n) is 5.17. The summed E-state index contributed by atoms with van der Waals surface area (Å²) in [7, 11) is 0. The minimum Gasteiger partial charge on any atom is -0.381 e. The number of carbonyl (C=O) groups is 1. The van der Waals surface area contributed by atoms with E-state index in [-0.39, 0.29) is 11.8 Å². The largest absolute Gasteiger partial charge is 0.381 e. The molecule has 1 amide bonds. The standard InChI is InChI=1S/C11H13BrN2O2/c1-7-4-9(12)5-13-10(7)14-11(15)8-2-3-16-6-8/h4-5,8H,2-3,6H2,1H3,(H,13,14,15). The summed E-state index contributed by atoms with van der Waals surface area (Å²) in [6.07, 6.45) is 2.47. The molecule has 1 N–H and O–H groups in total. The van der Waals surface area contributed by atoms with Gasteiger partial charge in [0.25, 0.3) is 0 Å². The van der Waals surface area contributed by atoms with Crippen molar-refractivity contribution in [1.82, 2.24) is 4.98 Å². The lowest BCUT2D eigenvalue weighted by Crippen LogP contribution is -2.23. The van der Waals surface area contributed by atoms with Gasteiger partial charge in [-0.3, -0.25) is 4.79 Å². The van der Waals surface area contributed by atoms with E-state index < -0.39 is 0 Å². The van der Waals surface area contributed by atoms with Gasteiger partial charge in [0.1, 0.15) is 5.82 Å². The van der Waals surface area contributed by atoms with Crippen LogP contribution in [0.1, 0.15) is 12.0 Å². The summed E-state index contributed by atoms with van der Waals surface area (Å²) in [5, 5.41) is 2.83. The van der Waals surface area contributed by atoms with Crippen LogP contribution in [0.4, 0.5) is 5.82 Å². The van der Waals surface area contributed by atoms with E-state index in [9.17, 15) is 4.79 Å². The predicted molar refractivity (Wildman–Crippen MR) is 64.2 cm³/mol. The van der Waals surface area contributed by atoms with Crippen molar-refractivity contribution < 1.29 is 9.53 Å². The molecule has 1 fully saturated rings. The molecule has 1 aromatic rings. The van der Waals surface area contributed by atoms with Crippen LogP contribution in [-0.2, 0) is 9.53 Å². The number of aryl methyl sites for hydroxylation is 1. The third-order valence-corrected chi connectivity index (χ3v) is 3.02. The number of ether oxygens (including phenoxy) is 1. The van der Waals surface area contributed by atoms with Gasteiger partial charge in [0.05, 0.1) is 12.5 Å². The van der Waals surface area contributed by atoms with Gasteiger partial charge in [-0.1, -0.05) is 0 Å². The maximum atomic E-state index is 11.8. The molecule has 1 aliphatic rings. The molecule has 0 saturated carbocycles. The van der Waals surface area contributed by atoms with E-state index in [1.165, 1.54) is 0 Å². The van der Waals surface area contributed by atoms with Crippen LogP contribution in [0, 0.1) is 12.8 Å². The third-order valence-electron chi connectivity index (χ3n) is 2.59. The molecule has 0 radical (unpaired) electrons. The predicted octanol–water partition coefficient (Wildman–Crippen LogP) is 2.13. The maximum Gasteiger partial charge on any atom is 0.231 e. The Kier molecular flexibility index (Phi) is 3.56. The van der Waals surface area contributed by atoms with Gasteiger partial charge in [0, 0.05) is 17.3 Å². The Morgan fingerprint density at radius 2 is 2.50 bits per heavy atom. The summed E-state index contributed by atoms with van der Waals surface area (Å²) in [6, 6.07) is 1.92. The van der Waals surface area contributed by atoms with Gasteiger partial charge in [-0.2, -0.15) is 0 Å². The summed E-state index contributed by atoms with van der Waals surface area (Å²) in [5.74, 6) is 0.584. The number of nitrogens with zero attached hydrogens (tertiary/aromatic N) is 1. The molecule has 1 aliphatic heterocycles. The molecular weight excluding hydrogens is 272 g/mol. The van der Waals surface area contributed by atoms with Crippen LogP contribution in [-0.4, -0.2) is 24.1 Å². The second-order valence-electron chi connectivity index (χ2n) is 3.87. The van der Waals surface area contributed by atoms with Crippen LogP contribution in [0.2, 0.25) is 0 Å². The molecule has 0 spiro atoms. The van der Waals surface area contributed by atoms with Crippen molar-refractivity contribution in [2.75, 3.05) is 18.5 Å². The molecule has 1 saturated heterocycles.